The second kappa shape index (κ2) is 4.47. The molecule has 0 bridgehead atoms. The lowest BCUT2D eigenvalue weighted by atomic mass is 9.78. The minimum absolute atomic E-state index is 0.573. The Labute approximate surface area is 105 Å². The molecule has 0 aromatic heterocycles. The van der Waals surface area contributed by atoms with Crippen molar-refractivity contribution < 1.29 is 26.7 Å². The number of nitrogens with one attached hydrogen (secondary N) is 1. The predicted octanol–water partition coefficient (Wildman–Crippen LogP) is 2.83. The van der Waals surface area contributed by atoms with Crippen LogP contribution in [-0.4, -0.2) is 18.3 Å². The van der Waals surface area contributed by atoms with Crippen molar-refractivity contribution in [1.82, 2.24) is 5.32 Å². The molecule has 1 aromatic carbocycles. The van der Waals surface area contributed by atoms with Crippen LogP contribution in [0.5, 0.6) is 0 Å². The standard InChI is InChI=1S/C12H10F5NO/c13-8-4-2-1-3-7(8)12(10(14)15)11(16,17)6-5-9(19)18-12/h1-4,10H,5-6H2,(H,18,19). The van der Waals surface area contributed by atoms with Gasteiger partial charge < -0.3 is 5.32 Å². The van der Waals surface area contributed by atoms with Crippen LogP contribution in [0.25, 0.3) is 0 Å². The Bertz CT molecular complexity index is 505. The summed E-state index contributed by atoms with van der Waals surface area (Å²) >= 11 is 0. The number of carbonyl (C=O) groups is 1. The molecular weight excluding hydrogens is 269 g/mol. The SMILES string of the molecule is O=C1CCC(F)(F)C(c2ccccc2F)(C(F)F)N1. The van der Waals surface area contributed by atoms with Crippen LogP contribution in [0.2, 0.25) is 0 Å². The third-order valence-electron chi connectivity index (χ3n) is 3.21. The minimum atomic E-state index is -3.93. The molecule has 1 saturated heterocycles. The van der Waals surface area contributed by atoms with Crippen molar-refractivity contribution in [3.8, 4) is 0 Å². The molecule has 19 heavy (non-hydrogen) atoms. The van der Waals surface area contributed by atoms with Crippen LogP contribution in [0.15, 0.2) is 24.3 Å². The first-order valence-electron chi connectivity index (χ1n) is 5.53. The summed E-state index contributed by atoms with van der Waals surface area (Å²) in [7, 11) is 0. The molecule has 0 spiro atoms. The first-order valence-corrected chi connectivity index (χ1v) is 5.53. The van der Waals surface area contributed by atoms with E-state index in [0.717, 1.165) is 12.1 Å². The van der Waals surface area contributed by atoms with Gasteiger partial charge in [0, 0.05) is 18.4 Å². The number of carbonyl (C=O) groups excluding carboxylic acids is 1. The Kier molecular flexibility index (Phi) is 3.24. The van der Waals surface area contributed by atoms with Gasteiger partial charge in [0.25, 0.3) is 12.3 Å². The third-order valence-corrected chi connectivity index (χ3v) is 3.21. The largest absolute Gasteiger partial charge is 0.336 e. The summed E-state index contributed by atoms with van der Waals surface area (Å²) in [5.74, 6) is -6.09. The van der Waals surface area contributed by atoms with Crippen molar-refractivity contribution >= 4 is 5.91 Å². The highest BCUT2D eigenvalue weighted by Crippen LogP contribution is 2.48. The fourth-order valence-corrected chi connectivity index (χ4v) is 2.22. The van der Waals surface area contributed by atoms with Crippen LogP contribution in [0.1, 0.15) is 18.4 Å². The van der Waals surface area contributed by atoms with E-state index in [0.29, 0.717) is 0 Å². The fraction of sp³-hybridized carbons (Fsp3) is 0.417. The number of halogens is 5. The lowest BCUT2D eigenvalue weighted by Crippen LogP contribution is -2.65. The van der Waals surface area contributed by atoms with Crippen LogP contribution < -0.4 is 5.32 Å². The molecule has 1 heterocycles. The van der Waals surface area contributed by atoms with Gasteiger partial charge in [0.05, 0.1) is 0 Å². The van der Waals surface area contributed by atoms with E-state index in [1.807, 2.05) is 0 Å². The molecule has 1 unspecified atom stereocenters. The van der Waals surface area contributed by atoms with E-state index in [1.165, 1.54) is 12.1 Å². The van der Waals surface area contributed by atoms with Gasteiger partial charge in [-0.25, -0.2) is 22.0 Å². The topological polar surface area (TPSA) is 29.1 Å². The smallest absolute Gasteiger partial charge is 0.281 e. The summed E-state index contributed by atoms with van der Waals surface area (Å²) in [6.07, 6.45) is -5.25. The highest BCUT2D eigenvalue weighted by Gasteiger charge is 2.64. The molecule has 1 amide bonds. The maximum absolute atomic E-state index is 14.0. The molecule has 1 aliphatic heterocycles. The van der Waals surface area contributed by atoms with E-state index >= 15 is 0 Å². The number of piperidine rings is 1. The molecule has 2 nitrogen and oxygen atoms in total. The quantitative estimate of drug-likeness (QED) is 0.829. The molecule has 0 saturated carbocycles. The van der Waals surface area contributed by atoms with Crippen molar-refractivity contribution in [3.63, 3.8) is 0 Å². The highest BCUT2D eigenvalue weighted by atomic mass is 19.3. The molecule has 2 rings (SSSR count). The van der Waals surface area contributed by atoms with E-state index in [1.54, 1.807) is 5.32 Å². The van der Waals surface area contributed by atoms with Gasteiger partial charge in [-0.05, 0) is 6.07 Å². The number of amides is 1. The zero-order valence-electron chi connectivity index (χ0n) is 9.60. The Morgan fingerprint density at radius 2 is 1.84 bits per heavy atom. The number of hydrogen-bond acceptors (Lipinski definition) is 1. The summed E-state index contributed by atoms with van der Waals surface area (Å²) in [6.45, 7) is 0. The van der Waals surface area contributed by atoms with Crippen LogP contribution >= 0.6 is 0 Å². The monoisotopic (exact) mass is 279 g/mol. The van der Waals surface area contributed by atoms with E-state index < -0.39 is 48.0 Å². The maximum Gasteiger partial charge on any atom is 0.281 e. The van der Waals surface area contributed by atoms with Crippen LogP contribution in [0.4, 0.5) is 22.0 Å². The van der Waals surface area contributed by atoms with E-state index in [9.17, 15) is 26.7 Å². The van der Waals surface area contributed by atoms with Crippen LogP contribution in [-0.2, 0) is 10.3 Å². The second-order valence-corrected chi connectivity index (χ2v) is 4.34. The first-order chi connectivity index (χ1) is 8.81. The normalized spacial score (nSPS) is 26.3. The lowest BCUT2D eigenvalue weighted by molar-refractivity contribution is -0.183. The fourth-order valence-electron chi connectivity index (χ4n) is 2.22. The molecule has 1 N–H and O–H groups in total. The minimum Gasteiger partial charge on any atom is -0.336 e. The first kappa shape index (κ1) is 13.8. The van der Waals surface area contributed by atoms with Gasteiger partial charge in [0.15, 0.2) is 5.54 Å². The molecule has 1 atom stereocenters. The Morgan fingerprint density at radius 3 is 2.42 bits per heavy atom. The number of benzene rings is 1. The van der Waals surface area contributed by atoms with Crippen molar-refractivity contribution in [2.75, 3.05) is 0 Å². The van der Waals surface area contributed by atoms with Gasteiger partial charge in [0.1, 0.15) is 5.82 Å². The summed E-state index contributed by atoms with van der Waals surface area (Å²) in [5, 5.41) is 1.60. The maximum atomic E-state index is 14.0. The van der Waals surface area contributed by atoms with Gasteiger partial charge >= 0.3 is 0 Å². The summed E-state index contributed by atoms with van der Waals surface area (Å²) in [4.78, 5) is 11.3. The predicted molar refractivity (Wildman–Crippen MR) is 56.4 cm³/mol. The molecule has 1 fully saturated rings. The van der Waals surface area contributed by atoms with Gasteiger partial charge in [0.2, 0.25) is 5.91 Å². The van der Waals surface area contributed by atoms with Crippen molar-refractivity contribution in [2.24, 2.45) is 0 Å². The summed E-state index contributed by atoms with van der Waals surface area (Å²) in [6, 6.07) is 4.00. The molecule has 0 aliphatic carbocycles. The average Bonchev–Trinajstić information content (AvgIpc) is 2.33. The van der Waals surface area contributed by atoms with Crippen LogP contribution in [0.3, 0.4) is 0 Å². The number of alkyl halides is 4. The summed E-state index contributed by atoms with van der Waals surface area (Å²) < 4.78 is 68.0. The highest BCUT2D eigenvalue weighted by molar-refractivity contribution is 5.78. The van der Waals surface area contributed by atoms with Crippen molar-refractivity contribution in [3.05, 3.63) is 35.6 Å². The Morgan fingerprint density at radius 1 is 1.21 bits per heavy atom. The van der Waals surface area contributed by atoms with E-state index in [4.69, 9.17) is 0 Å². The number of rotatable bonds is 2. The van der Waals surface area contributed by atoms with Gasteiger partial charge in [-0.2, -0.15) is 0 Å². The second-order valence-electron chi connectivity index (χ2n) is 4.34. The number of hydrogen-bond donors (Lipinski definition) is 1. The zero-order chi connectivity index (χ0) is 14.3. The van der Waals surface area contributed by atoms with Gasteiger partial charge in [-0.1, -0.05) is 18.2 Å². The average molecular weight is 279 g/mol. The molecule has 0 radical (unpaired) electrons. The van der Waals surface area contributed by atoms with Crippen LogP contribution in [0, 0.1) is 5.82 Å². The molecular formula is C12H10F5NO. The van der Waals surface area contributed by atoms with Crippen molar-refractivity contribution in [2.45, 2.75) is 30.7 Å². The molecule has 7 heteroatoms. The lowest BCUT2D eigenvalue weighted by Gasteiger charge is -2.43. The molecule has 1 aromatic rings. The Balaban J connectivity index is 2.66. The van der Waals surface area contributed by atoms with E-state index in [2.05, 4.69) is 0 Å². The zero-order valence-corrected chi connectivity index (χ0v) is 9.60. The Hall–Kier alpha value is -1.66. The molecule has 104 valence electrons. The summed E-state index contributed by atoms with van der Waals surface area (Å²) in [5.41, 5.74) is -4.21. The van der Waals surface area contributed by atoms with Crippen molar-refractivity contribution in [1.29, 1.82) is 0 Å². The van der Waals surface area contributed by atoms with Gasteiger partial charge in [-0.3, -0.25) is 4.79 Å². The molecule has 1 aliphatic rings. The van der Waals surface area contributed by atoms with Gasteiger partial charge in [-0.15, -0.1) is 0 Å². The third kappa shape index (κ3) is 1.97. The van der Waals surface area contributed by atoms with E-state index in [-0.39, 0.29) is 0 Å².